The van der Waals surface area contributed by atoms with Gasteiger partial charge in [0.15, 0.2) is 0 Å². The molecule has 3 amide bonds. The molecule has 0 spiro atoms. The third-order valence-corrected chi connectivity index (χ3v) is 7.79. The molecule has 0 aliphatic rings. The highest BCUT2D eigenvalue weighted by Gasteiger charge is 2.19. The fourth-order valence-corrected chi connectivity index (χ4v) is 5.08. The first-order valence-corrected chi connectivity index (χ1v) is 15.0. The molecule has 9 nitrogen and oxygen atoms in total. The first-order valence-electron chi connectivity index (χ1n) is 14.2. The zero-order chi connectivity index (χ0) is 32.6. The molecule has 11 heteroatoms. The van der Waals surface area contributed by atoms with E-state index in [1.165, 1.54) is 11.0 Å². The Morgan fingerprint density at radius 2 is 1.74 bits per heavy atom. The summed E-state index contributed by atoms with van der Waals surface area (Å²) in [6, 6.07) is 24.8. The third kappa shape index (κ3) is 7.87. The predicted molar refractivity (Wildman–Crippen MR) is 181 cm³/mol. The van der Waals surface area contributed by atoms with Crippen molar-refractivity contribution in [2.45, 2.75) is 13.5 Å². The summed E-state index contributed by atoms with van der Waals surface area (Å²) in [5.74, 6) is -0.122. The van der Waals surface area contributed by atoms with Crippen LogP contribution in [0.2, 0.25) is 10.0 Å². The molecule has 0 atom stereocenters. The van der Waals surface area contributed by atoms with Crippen LogP contribution >= 0.6 is 23.2 Å². The number of hydrogen-bond acceptors (Lipinski definition) is 6. The molecule has 0 fully saturated rings. The van der Waals surface area contributed by atoms with E-state index in [9.17, 15) is 14.4 Å². The number of pyridine rings is 2. The van der Waals surface area contributed by atoms with Crippen molar-refractivity contribution in [3.8, 4) is 5.75 Å². The van der Waals surface area contributed by atoms with E-state index in [4.69, 9.17) is 27.9 Å². The van der Waals surface area contributed by atoms with Crippen LogP contribution in [0.4, 0.5) is 11.5 Å². The summed E-state index contributed by atoms with van der Waals surface area (Å²) in [6.07, 6.45) is 4.48. The molecule has 2 heterocycles. The molecule has 0 unspecified atom stereocenters. The van der Waals surface area contributed by atoms with Crippen LogP contribution in [0.3, 0.4) is 0 Å². The lowest BCUT2D eigenvalue weighted by Gasteiger charge is -2.21. The SMILES string of the molecule is Cc1ccc2cccc(OCc3c(Cl)ccc(N(C)C(=O)CNC(=O)C=Cc4ccc(C(=O)Nc5ccccn5)cc4)c3Cl)c2n1. The maximum atomic E-state index is 13.0. The van der Waals surface area contributed by atoms with Crippen LogP contribution in [0.15, 0.2) is 97.2 Å². The molecule has 46 heavy (non-hydrogen) atoms. The molecule has 0 radical (unpaired) electrons. The second kappa shape index (κ2) is 14.7. The van der Waals surface area contributed by atoms with Gasteiger partial charge in [-0.2, -0.15) is 0 Å². The Morgan fingerprint density at radius 1 is 0.935 bits per heavy atom. The van der Waals surface area contributed by atoms with Crippen LogP contribution in [0, 0.1) is 6.92 Å². The van der Waals surface area contributed by atoms with Gasteiger partial charge in [-0.1, -0.05) is 59.6 Å². The molecule has 2 aromatic heterocycles. The van der Waals surface area contributed by atoms with Crippen LogP contribution in [0.25, 0.3) is 17.0 Å². The number of nitrogens with one attached hydrogen (secondary N) is 2. The molecule has 232 valence electrons. The smallest absolute Gasteiger partial charge is 0.256 e. The minimum atomic E-state index is -0.464. The molecule has 5 aromatic rings. The molecule has 0 saturated carbocycles. The largest absolute Gasteiger partial charge is 0.487 e. The van der Waals surface area contributed by atoms with Gasteiger partial charge in [-0.3, -0.25) is 14.4 Å². The summed E-state index contributed by atoms with van der Waals surface area (Å²) >= 11 is 13.2. The predicted octanol–water partition coefficient (Wildman–Crippen LogP) is 6.87. The maximum absolute atomic E-state index is 13.0. The van der Waals surface area contributed by atoms with Crippen LogP contribution in [0.5, 0.6) is 5.75 Å². The number of carbonyl (C=O) groups is 3. The lowest BCUT2D eigenvalue weighted by molar-refractivity contribution is -0.122. The van der Waals surface area contributed by atoms with Crippen LogP contribution < -0.4 is 20.3 Å². The van der Waals surface area contributed by atoms with Crippen molar-refractivity contribution in [1.29, 1.82) is 0 Å². The summed E-state index contributed by atoms with van der Waals surface area (Å²) in [4.78, 5) is 47.8. The lowest BCUT2D eigenvalue weighted by atomic mass is 10.1. The van der Waals surface area contributed by atoms with E-state index >= 15 is 0 Å². The van der Waals surface area contributed by atoms with Crippen molar-refractivity contribution in [1.82, 2.24) is 15.3 Å². The van der Waals surface area contributed by atoms with Gasteiger partial charge in [-0.15, -0.1) is 0 Å². The molecule has 2 N–H and O–H groups in total. The fraction of sp³-hybridized carbons (Fsp3) is 0.114. The van der Waals surface area contributed by atoms with Crippen molar-refractivity contribution in [3.05, 3.63) is 130 Å². The van der Waals surface area contributed by atoms with Gasteiger partial charge in [-0.25, -0.2) is 9.97 Å². The van der Waals surface area contributed by atoms with Gasteiger partial charge in [0.25, 0.3) is 5.91 Å². The molecule has 0 saturated heterocycles. The van der Waals surface area contributed by atoms with Gasteiger partial charge in [0.1, 0.15) is 23.7 Å². The Morgan fingerprint density at radius 3 is 2.50 bits per heavy atom. The number of aryl methyl sites for hydroxylation is 1. The Balaban J connectivity index is 1.16. The topological polar surface area (TPSA) is 114 Å². The van der Waals surface area contributed by atoms with Crippen molar-refractivity contribution in [2.75, 3.05) is 23.8 Å². The number of hydrogen-bond donors (Lipinski definition) is 2. The normalized spacial score (nSPS) is 11.0. The van der Waals surface area contributed by atoms with Crippen LogP contribution in [0.1, 0.15) is 27.2 Å². The molecule has 5 rings (SSSR count). The maximum Gasteiger partial charge on any atom is 0.256 e. The summed E-state index contributed by atoms with van der Waals surface area (Å²) in [5, 5.41) is 6.89. The molecule has 0 aliphatic carbocycles. The van der Waals surface area contributed by atoms with Gasteiger partial charge in [0.2, 0.25) is 11.8 Å². The minimum absolute atomic E-state index is 0.0552. The lowest BCUT2D eigenvalue weighted by Crippen LogP contribution is -2.37. The van der Waals surface area contributed by atoms with Crippen molar-refractivity contribution >= 4 is 69.4 Å². The quantitative estimate of drug-likeness (QED) is 0.159. The average Bonchev–Trinajstić information content (AvgIpc) is 3.06. The molecule has 3 aromatic carbocycles. The Hall–Kier alpha value is -5.25. The molecular formula is C35H29Cl2N5O4. The summed E-state index contributed by atoms with van der Waals surface area (Å²) in [6.45, 7) is 1.70. The number of halogens is 2. The molecule has 0 aliphatic heterocycles. The number of nitrogens with zero attached hydrogens (tertiary/aromatic N) is 3. The minimum Gasteiger partial charge on any atom is -0.487 e. The average molecular weight is 655 g/mol. The Bertz CT molecular complexity index is 1930. The number of ether oxygens (including phenoxy) is 1. The number of fused-ring (bicyclic) bond motifs is 1. The molecular weight excluding hydrogens is 625 g/mol. The van der Waals surface area contributed by atoms with E-state index in [-0.39, 0.29) is 24.1 Å². The van der Waals surface area contributed by atoms with Gasteiger partial charge in [0, 0.05) is 46.6 Å². The van der Waals surface area contributed by atoms with Gasteiger partial charge < -0.3 is 20.3 Å². The van der Waals surface area contributed by atoms with E-state index in [0.29, 0.717) is 39.0 Å². The fourth-order valence-electron chi connectivity index (χ4n) is 4.48. The first kappa shape index (κ1) is 32.2. The van der Waals surface area contributed by atoms with E-state index in [1.54, 1.807) is 73.9 Å². The zero-order valence-corrected chi connectivity index (χ0v) is 26.5. The van der Waals surface area contributed by atoms with Crippen molar-refractivity contribution in [3.63, 3.8) is 0 Å². The van der Waals surface area contributed by atoms with E-state index < -0.39 is 11.8 Å². The standard InChI is InChI=1S/C35H29Cl2N5O4/c1-22-9-13-24-6-5-7-29(34(24)40-22)46-21-26-27(36)16-17-28(33(26)37)42(2)32(44)20-39-31(43)18-12-23-10-14-25(15-11-23)35(45)41-30-8-3-4-19-38-30/h3-19H,20-21H2,1-2H3,(H,39,43)(H,38,41,45). The number of aromatic nitrogens is 2. The van der Waals surface area contributed by atoms with E-state index in [2.05, 4.69) is 20.6 Å². The first-order chi connectivity index (χ1) is 22.2. The monoisotopic (exact) mass is 653 g/mol. The van der Waals surface area contributed by atoms with Crippen LogP contribution in [-0.4, -0.2) is 41.3 Å². The number of likely N-dealkylation sites (N-methyl/N-ethyl adjacent to an activating group) is 1. The highest BCUT2D eigenvalue weighted by molar-refractivity contribution is 6.38. The Kier molecular flexibility index (Phi) is 10.3. The summed E-state index contributed by atoms with van der Waals surface area (Å²) in [7, 11) is 1.56. The number of carbonyl (C=O) groups excluding carboxylic acids is 3. The second-order valence-electron chi connectivity index (χ2n) is 10.2. The number of anilines is 2. The number of rotatable bonds is 10. The summed E-state index contributed by atoms with van der Waals surface area (Å²) < 4.78 is 6.08. The second-order valence-corrected chi connectivity index (χ2v) is 11.0. The zero-order valence-electron chi connectivity index (χ0n) is 25.0. The number of benzene rings is 3. The number of para-hydroxylation sites is 1. The van der Waals surface area contributed by atoms with Gasteiger partial charge in [-0.05, 0) is 67.1 Å². The van der Waals surface area contributed by atoms with E-state index in [0.717, 1.165) is 16.6 Å². The Labute approximate surface area is 275 Å². The van der Waals surface area contributed by atoms with Crippen molar-refractivity contribution < 1.29 is 19.1 Å². The van der Waals surface area contributed by atoms with Gasteiger partial charge >= 0.3 is 0 Å². The number of amides is 3. The van der Waals surface area contributed by atoms with E-state index in [1.807, 2.05) is 37.3 Å². The summed E-state index contributed by atoms with van der Waals surface area (Å²) in [5.41, 5.74) is 3.66. The van der Waals surface area contributed by atoms with Gasteiger partial charge in [0.05, 0.1) is 17.3 Å². The molecule has 0 bridgehead atoms. The third-order valence-electron chi connectivity index (χ3n) is 7.02. The van der Waals surface area contributed by atoms with Crippen molar-refractivity contribution in [2.24, 2.45) is 0 Å². The highest BCUT2D eigenvalue weighted by atomic mass is 35.5. The van der Waals surface area contributed by atoms with Crippen LogP contribution in [-0.2, 0) is 16.2 Å². The highest BCUT2D eigenvalue weighted by Crippen LogP contribution is 2.35.